The Labute approximate surface area is 183 Å². The smallest absolute Gasteiger partial charge is 0.396 e. The van der Waals surface area contributed by atoms with Gasteiger partial charge in [0.05, 0.1) is 24.1 Å². The number of H-pyrrole nitrogens is 1. The molecule has 3 aromatic rings. The molecule has 0 aliphatic heterocycles. The minimum atomic E-state index is -4.61. The van der Waals surface area contributed by atoms with Gasteiger partial charge in [0.1, 0.15) is 11.6 Å². The first-order valence-corrected chi connectivity index (χ1v) is 10.4. The number of methoxy groups -OCH3 is 1. The van der Waals surface area contributed by atoms with Crippen molar-refractivity contribution in [3.63, 3.8) is 0 Å². The van der Waals surface area contributed by atoms with Crippen LogP contribution in [0.5, 0.6) is 5.75 Å². The van der Waals surface area contributed by atoms with Crippen molar-refractivity contribution in [1.82, 2.24) is 4.98 Å². The van der Waals surface area contributed by atoms with E-state index in [2.05, 4.69) is 10.3 Å². The molecule has 0 saturated heterocycles. The molecule has 172 valence electrons. The number of hydrogen-bond donors (Lipinski definition) is 2. The number of pyridine rings is 1. The molecule has 32 heavy (non-hydrogen) atoms. The summed E-state index contributed by atoms with van der Waals surface area (Å²) in [5.74, 6) is -0.572. The third-order valence-electron chi connectivity index (χ3n) is 5.92. The highest BCUT2D eigenvalue weighted by atomic mass is 19.4. The van der Waals surface area contributed by atoms with Gasteiger partial charge in [0.15, 0.2) is 0 Å². The minimum Gasteiger partial charge on any atom is -0.497 e. The topological polar surface area (TPSA) is 54.1 Å². The second-order valence-electron chi connectivity index (χ2n) is 8.07. The summed E-state index contributed by atoms with van der Waals surface area (Å²) in [6, 6.07) is 10.2. The van der Waals surface area contributed by atoms with Crippen LogP contribution in [0.25, 0.3) is 10.9 Å². The van der Waals surface area contributed by atoms with E-state index in [0.29, 0.717) is 29.4 Å². The molecule has 8 heteroatoms. The fraction of sp³-hybridized carbons (Fsp3) is 0.375. The molecule has 1 heterocycles. The number of nitrogens with one attached hydrogen (secondary N) is 2. The average Bonchev–Trinajstić information content (AvgIpc) is 2.75. The highest BCUT2D eigenvalue weighted by Gasteiger charge is 2.56. The maximum atomic E-state index is 15.1. The van der Waals surface area contributed by atoms with Crippen molar-refractivity contribution in [3.05, 3.63) is 70.3 Å². The zero-order chi connectivity index (χ0) is 23.5. The zero-order valence-corrected chi connectivity index (χ0v) is 18.1. The number of alkyl halides is 3. The van der Waals surface area contributed by atoms with Gasteiger partial charge >= 0.3 is 6.18 Å². The van der Waals surface area contributed by atoms with Crippen molar-refractivity contribution >= 4 is 16.6 Å². The first-order valence-electron chi connectivity index (χ1n) is 10.4. The van der Waals surface area contributed by atoms with Crippen LogP contribution in [0.4, 0.5) is 23.2 Å². The van der Waals surface area contributed by atoms with Gasteiger partial charge in [-0.1, -0.05) is 31.9 Å². The van der Waals surface area contributed by atoms with Crippen LogP contribution in [-0.2, 0) is 0 Å². The van der Waals surface area contributed by atoms with Crippen molar-refractivity contribution in [3.8, 4) is 5.75 Å². The number of unbranched alkanes of at least 4 members (excludes halogenated alkanes) is 1. The van der Waals surface area contributed by atoms with Gasteiger partial charge in [0, 0.05) is 28.8 Å². The first kappa shape index (κ1) is 23.6. The lowest BCUT2D eigenvalue weighted by Gasteiger charge is -2.41. The summed E-state index contributed by atoms with van der Waals surface area (Å²) in [7, 11) is 1.36. The Morgan fingerprint density at radius 1 is 1.12 bits per heavy atom. The van der Waals surface area contributed by atoms with E-state index < -0.39 is 23.5 Å². The second kappa shape index (κ2) is 9.22. The molecular weight excluding hydrogens is 424 g/mol. The molecule has 0 saturated carbocycles. The van der Waals surface area contributed by atoms with Crippen LogP contribution in [0.1, 0.15) is 44.7 Å². The molecule has 0 amide bonds. The van der Waals surface area contributed by atoms with Gasteiger partial charge in [-0.3, -0.25) is 4.79 Å². The third-order valence-corrected chi connectivity index (χ3v) is 5.92. The lowest BCUT2D eigenvalue weighted by Crippen LogP contribution is -2.44. The van der Waals surface area contributed by atoms with E-state index in [0.717, 1.165) is 13.0 Å². The molecular formula is C24H26F4N2O2. The number of anilines is 1. The van der Waals surface area contributed by atoms with E-state index in [4.69, 9.17) is 4.74 Å². The van der Waals surface area contributed by atoms with Crippen molar-refractivity contribution in [2.75, 3.05) is 12.4 Å². The molecule has 0 spiro atoms. The van der Waals surface area contributed by atoms with Crippen LogP contribution in [0.2, 0.25) is 0 Å². The fourth-order valence-electron chi connectivity index (χ4n) is 3.91. The molecule has 0 fully saturated rings. The van der Waals surface area contributed by atoms with E-state index in [1.807, 2.05) is 6.92 Å². The Kier molecular flexibility index (Phi) is 6.81. The summed E-state index contributed by atoms with van der Waals surface area (Å²) in [4.78, 5) is 14.3. The van der Waals surface area contributed by atoms with E-state index in [-0.39, 0.29) is 23.3 Å². The second-order valence-corrected chi connectivity index (χ2v) is 8.07. The fourth-order valence-corrected chi connectivity index (χ4v) is 3.91. The normalized spacial score (nSPS) is 14.7. The summed E-state index contributed by atoms with van der Waals surface area (Å²) in [6.45, 7) is 2.94. The number of aromatic nitrogens is 1. The molecule has 0 radical (unpaired) electrons. The van der Waals surface area contributed by atoms with Crippen LogP contribution in [0, 0.1) is 11.2 Å². The highest BCUT2D eigenvalue weighted by Crippen LogP contribution is 2.52. The Hall–Kier alpha value is -3.03. The van der Waals surface area contributed by atoms with Crippen LogP contribution in [-0.4, -0.2) is 18.3 Å². The van der Waals surface area contributed by atoms with Crippen LogP contribution >= 0.6 is 0 Å². The number of ether oxygens (including phenoxy) is 1. The van der Waals surface area contributed by atoms with Gasteiger partial charge in [-0.2, -0.15) is 13.2 Å². The van der Waals surface area contributed by atoms with Crippen molar-refractivity contribution in [1.29, 1.82) is 0 Å². The van der Waals surface area contributed by atoms with E-state index >= 15 is 4.39 Å². The van der Waals surface area contributed by atoms with Gasteiger partial charge in [0.2, 0.25) is 5.56 Å². The Balaban J connectivity index is 2.20. The average molecular weight is 450 g/mol. The summed E-state index contributed by atoms with van der Waals surface area (Å²) in [5, 5.41) is 3.50. The van der Waals surface area contributed by atoms with Gasteiger partial charge in [-0.05, 0) is 37.6 Å². The maximum absolute atomic E-state index is 15.1. The number of hydrogen-bond acceptors (Lipinski definition) is 3. The molecule has 0 bridgehead atoms. The summed E-state index contributed by atoms with van der Waals surface area (Å²) >= 11 is 0. The van der Waals surface area contributed by atoms with Crippen LogP contribution in [0.3, 0.4) is 0 Å². The lowest BCUT2D eigenvalue weighted by atomic mass is 9.73. The Morgan fingerprint density at radius 2 is 1.88 bits per heavy atom. The standard InChI is InChI=1S/C24H26F4N2O2/c1-4-5-13-23(2,24(26,27)28)22(16-10-9-15(32-3)14-18(16)25)30-20-8-6-7-19-17(20)11-12-21(31)29-19/h6-12,14,22,30H,4-5,13H2,1-3H3,(H,29,31). The molecule has 3 rings (SSSR count). The monoisotopic (exact) mass is 450 g/mol. The number of benzene rings is 2. The molecule has 2 aromatic carbocycles. The van der Waals surface area contributed by atoms with Crippen LogP contribution in [0.15, 0.2) is 53.3 Å². The number of rotatable bonds is 8. The molecule has 2 unspecified atom stereocenters. The zero-order valence-electron chi connectivity index (χ0n) is 18.1. The summed E-state index contributed by atoms with van der Waals surface area (Å²) < 4.78 is 63.5. The predicted octanol–water partition coefficient (Wildman–Crippen LogP) is 6.59. The number of halogens is 4. The SMILES string of the molecule is CCCCC(C)(C(Nc1cccc2[nH]c(=O)ccc12)c1ccc(OC)cc1F)C(F)(F)F. The van der Waals surface area contributed by atoms with Gasteiger partial charge in [-0.25, -0.2) is 4.39 Å². The first-order chi connectivity index (χ1) is 15.1. The third kappa shape index (κ3) is 4.59. The Bertz CT molecular complexity index is 1140. The molecule has 0 aliphatic rings. The quantitative estimate of drug-likeness (QED) is 0.381. The number of fused-ring (bicyclic) bond motifs is 1. The van der Waals surface area contributed by atoms with E-state index in [1.165, 1.54) is 31.4 Å². The predicted molar refractivity (Wildman–Crippen MR) is 118 cm³/mol. The van der Waals surface area contributed by atoms with Gasteiger partial charge < -0.3 is 15.0 Å². The van der Waals surface area contributed by atoms with Crippen molar-refractivity contribution in [2.24, 2.45) is 5.41 Å². The largest absolute Gasteiger partial charge is 0.497 e. The number of aromatic amines is 1. The highest BCUT2D eigenvalue weighted by molar-refractivity contribution is 5.91. The van der Waals surface area contributed by atoms with Crippen molar-refractivity contribution in [2.45, 2.75) is 45.3 Å². The molecule has 0 aliphatic carbocycles. The van der Waals surface area contributed by atoms with Gasteiger partial charge in [0.25, 0.3) is 0 Å². The molecule has 4 nitrogen and oxygen atoms in total. The summed E-state index contributed by atoms with van der Waals surface area (Å²) in [6.07, 6.45) is -3.89. The van der Waals surface area contributed by atoms with E-state index in [1.54, 1.807) is 18.2 Å². The lowest BCUT2D eigenvalue weighted by molar-refractivity contribution is -0.227. The van der Waals surface area contributed by atoms with Gasteiger partial charge in [-0.15, -0.1) is 0 Å². The van der Waals surface area contributed by atoms with Crippen LogP contribution < -0.4 is 15.6 Å². The van der Waals surface area contributed by atoms with Crippen molar-refractivity contribution < 1.29 is 22.3 Å². The molecule has 2 N–H and O–H groups in total. The summed E-state index contributed by atoms with van der Waals surface area (Å²) in [5.41, 5.74) is -1.86. The molecule has 1 aromatic heterocycles. The molecule has 2 atom stereocenters. The maximum Gasteiger partial charge on any atom is 0.396 e. The minimum absolute atomic E-state index is 0.108. The van der Waals surface area contributed by atoms with E-state index in [9.17, 15) is 18.0 Å². The Morgan fingerprint density at radius 3 is 2.50 bits per heavy atom.